The van der Waals surface area contributed by atoms with E-state index >= 15 is 0 Å². The number of unbranched alkanes of at least 4 members (excludes halogenated alkanes) is 12. The standard InChI is InChI=1S/C46H78O12S/c1-3-5-7-9-11-13-15-17-19-20-22-24-26-28-30-32-34-36-54-38-40(39-55-46-44(50)45(58-59(51,52)53)43(49)41(37-47)57-46)56-42(48)35-33-31-29-27-25-23-21-18-16-14-12-10-8-6-4-2/h6,8,12-15,18-21,25,27,40-41,43-47,49-50H,3-5,7,9-11,16-17,22-24,26,28-39H2,1-2H3,(H,51,52,53)/b8-6-,14-12-,15-13-,20-19-,21-18-,27-25-. The quantitative estimate of drug-likeness (QED) is 0.0202. The first kappa shape index (κ1) is 54.6. The van der Waals surface area contributed by atoms with Crippen molar-refractivity contribution in [1.29, 1.82) is 0 Å². The predicted octanol–water partition coefficient (Wildman–Crippen LogP) is 9.13. The number of ether oxygens (including phenoxy) is 4. The highest BCUT2D eigenvalue weighted by molar-refractivity contribution is 7.80. The molecule has 6 unspecified atom stereocenters. The Balaban J connectivity index is 2.49. The van der Waals surface area contributed by atoms with Gasteiger partial charge in [-0.3, -0.25) is 9.35 Å². The van der Waals surface area contributed by atoms with Crippen molar-refractivity contribution < 1.29 is 56.2 Å². The number of carbonyl (C=O) groups is 1. The number of esters is 1. The first-order valence-corrected chi connectivity index (χ1v) is 23.6. The summed E-state index contributed by atoms with van der Waals surface area (Å²) in [6, 6.07) is 0. The SMILES string of the molecule is CC/C=C\C/C=C\C/C=C\C/C=C\CCCCC(=O)OC(COCCCCCCCC/C=C\C/C=C\CCCCCC)COC1OC(CO)C(O)C(OS(=O)(=O)O)C1O. The monoisotopic (exact) mass is 855 g/mol. The molecule has 4 N–H and O–H groups in total. The van der Waals surface area contributed by atoms with Gasteiger partial charge < -0.3 is 34.3 Å². The summed E-state index contributed by atoms with van der Waals surface area (Å²) in [5.74, 6) is -0.446. The number of aliphatic hydroxyl groups excluding tert-OH is 3. The Labute approximate surface area is 356 Å². The highest BCUT2D eigenvalue weighted by Gasteiger charge is 2.48. The van der Waals surface area contributed by atoms with Crippen LogP contribution >= 0.6 is 0 Å². The third kappa shape index (κ3) is 31.1. The number of allylic oxidation sites excluding steroid dienone is 12. The molecular formula is C46H78O12S. The lowest BCUT2D eigenvalue weighted by molar-refractivity contribution is -0.301. The second kappa shape index (κ2) is 37.3. The molecule has 12 nitrogen and oxygen atoms in total. The van der Waals surface area contributed by atoms with Crippen molar-refractivity contribution in [2.75, 3.05) is 26.4 Å². The lowest BCUT2D eigenvalue weighted by Crippen LogP contribution is -2.60. The molecule has 1 heterocycles. The molecule has 0 saturated carbocycles. The molecule has 59 heavy (non-hydrogen) atoms. The Kier molecular flexibility index (Phi) is 34.5. The van der Waals surface area contributed by atoms with Crippen LogP contribution < -0.4 is 0 Å². The molecular weight excluding hydrogens is 777 g/mol. The van der Waals surface area contributed by atoms with Gasteiger partial charge in [0.2, 0.25) is 0 Å². The maximum atomic E-state index is 12.8. The molecule has 0 aromatic carbocycles. The fourth-order valence-electron chi connectivity index (χ4n) is 6.22. The number of carbonyl (C=O) groups excluding carboxylic acids is 1. The molecule has 6 atom stereocenters. The molecule has 0 bridgehead atoms. The van der Waals surface area contributed by atoms with Crippen LogP contribution in [0.1, 0.15) is 149 Å². The average Bonchev–Trinajstić information content (AvgIpc) is 3.20. The van der Waals surface area contributed by atoms with Gasteiger partial charge in [-0.15, -0.1) is 0 Å². The molecule has 0 aliphatic carbocycles. The zero-order valence-corrected chi connectivity index (χ0v) is 36.8. The summed E-state index contributed by atoms with van der Waals surface area (Å²) in [7, 11) is -5.07. The number of hydrogen-bond donors (Lipinski definition) is 4. The fourth-order valence-corrected chi connectivity index (χ4v) is 6.73. The van der Waals surface area contributed by atoms with Crippen LogP contribution in [0.4, 0.5) is 0 Å². The molecule has 1 saturated heterocycles. The van der Waals surface area contributed by atoms with E-state index in [-0.39, 0.29) is 19.6 Å². The molecule has 1 aliphatic heterocycles. The van der Waals surface area contributed by atoms with E-state index in [2.05, 4.69) is 90.9 Å². The van der Waals surface area contributed by atoms with Gasteiger partial charge in [-0.25, -0.2) is 4.18 Å². The fraction of sp³-hybridized carbons (Fsp3) is 0.717. The van der Waals surface area contributed by atoms with E-state index in [1.165, 1.54) is 44.9 Å². The summed E-state index contributed by atoms with van der Waals surface area (Å²) in [5.41, 5.74) is 0. The zero-order chi connectivity index (χ0) is 43.2. The van der Waals surface area contributed by atoms with E-state index in [0.717, 1.165) is 77.0 Å². The van der Waals surface area contributed by atoms with Gasteiger partial charge in [0, 0.05) is 13.0 Å². The third-order valence-corrected chi connectivity index (χ3v) is 10.0. The smallest absolute Gasteiger partial charge is 0.397 e. The lowest BCUT2D eigenvalue weighted by Gasteiger charge is -2.41. The number of rotatable bonds is 37. The van der Waals surface area contributed by atoms with Crippen LogP contribution in [0.5, 0.6) is 0 Å². The molecule has 0 amide bonds. The van der Waals surface area contributed by atoms with E-state index in [0.29, 0.717) is 13.0 Å². The number of aliphatic hydroxyl groups is 3. The van der Waals surface area contributed by atoms with Gasteiger partial charge in [-0.2, -0.15) is 8.42 Å². The highest BCUT2D eigenvalue weighted by atomic mass is 32.3. The summed E-state index contributed by atoms with van der Waals surface area (Å²) in [6.45, 7) is 3.76. The maximum absolute atomic E-state index is 12.8. The van der Waals surface area contributed by atoms with E-state index in [1.54, 1.807) is 0 Å². The first-order valence-electron chi connectivity index (χ1n) is 22.2. The molecule has 0 aromatic rings. The van der Waals surface area contributed by atoms with Crippen LogP contribution in [0.2, 0.25) is 0 Å². The van der Waals surface area contributed by atoms with Gasteiger partial charge in [-0.05, 0) is 83.5 Å². The van der Waals surface area contributed by atoms with Gasteiger partial charge in [0.05, 0.1) is 19.8 Å². The van der Waals surface area contributed by atoms with Gasteiger partial charge in [0.25, 0.3) is 0 Å². The molecule has 1 rings (SSSR count). The topological polar surface area (TPSA) is 178 Å². The van der Waals surface area contributed by atoms with Crippen LogP contribution in [0, 0.1) is 0 Å². The Bertz CT molecular complexity index is 1310. The van der Waals surface area contributed by atoms with Gasteiger partial charge in [0.1, 0.15) is 30.5 Å². The summed E-state index contributed by atoms with van der Waals surface area (Å²) < 4.78 is 59.0. The van der Waals surface area contributed by atoms with Crippen LogP contribution in [-0.2, 0) is 38.3 Å². The van der Waals surface area contributed by atoms with Crippen molar-refractivity contribution in [3.63, 3.8) is 0 Å². The van der Waals surface area contributed by atoms with Crippen LogP contribution in [0.3, 0.4) is 0 Å². The molecule has 0 radical (unpaired) electrons. The Morgan fingerprint density at radius 2 is 1.17 bits per heavy atom. The van der Waals surface area contributed by atoms with Crippen molar-refractivity contribution in [1.82, 2.24) is 0 Å². The predicted molar refractivity (Wildman–Crippen MR) is 234 cm³/mol. The second-order valence-electron chi connectivity index (χ2n) is 14.9. The average molecular weight is 855 g/mol. The van der Waals surface area contributed by atoms with Crippen molar-refractivity contribution in [2.45, 2.75) is 185 Å². The first-order chi connectivity index (χ1) is 28.6. The van der Waals surface area contributed by atoms with E-state index < -0.39 is 59.8 Å². The van der Waals surface area contributed by atoms with E-state index in [1.807, 2.05) is 0 Å². The maximum Gasteiger partial charge on any atom is 0.397 e. The van der Waals surface area contributed by atoms with Crippen molar-refractivity contribution in [3.05, 3.63) is 72.9 Å². The Morgan fingerprint density at radius 3 is 1.71 bits per heavy atom. The summed E-state index contributed by atoms with van der Waals surface area (Å²) in [5, 5.41) is 30.6. The zero-order valence-electron chi connectivity index (χ0n) is 36.0. The van der Waals surface area contributed by atoms with Crippen LogP contribution in [-0.4, -0.2) is 97.5 Å². The largest absolute Gasteiger partial charge is 0.457 e. The van der Waals surface area contributed by atoms with Crippen LogP contribution in [0.15, 0.2) is 72.9 Å². The Hall–Kier alpha value is -2.46. The minimum absolute atomic E-state index is 0.00783. The van der Waals surface area contributed by atoms with Crippen molar-refractivity contribution in [2.24, 2.45) is 0 Å². The molecule has 340 valence electrons. The molecule has 0 aromatic heterocycles. The normalized spacial score (nSPS) is 21.1. The summed E-state index contributed by atoms with van der Waals surface area (Å²) in [6.07, 6.45) is 37.9. The summed E-state index contributed by atoms with van der Waals surface area (Å²) >= 11 is 0. The van der Waals surface area contributed by atoms with Crippen molar-refractivity contribution in [3.8, 4) is 0 Å². The minimum Gasteiger partial charge on any atom is -0.457 e. The molecule has 1 aliphatic rings. The van der Waals surface area contributed by atoms with Crippen molar-refractivity contribution >= 4 is 16.4 Å². The number of hydrogen-bond acceptors (Lipinski definition) is 11. The van der Waals surface area contributed by atoms with E-state index in [9.17, 15) is 28.5 Å². The molecule has 13 heteroatoms. The molecule has 1 fully saturated rings. The third-order valence-electron chi connectivity index (χ3n) is 9.56. The van der Waals surface area contributed by atoms with Crippen LogP contribution in [0.25, 0.3) is 0 Å². The lowest BCUT2D eigenvalue weighted by atomic mass is 9.99. The minimum atomic E-state index is -5.07. The van der Waals surface area contributed by atoms with Gasteiger partial charge in [0.15, 0.2) is 6.29 Å². The van der Waals surface area contributed by atoms with Gasteiger partial charge >= 0.3 is 16.4 Å². The molecule has 0 spiro atoms. The highest BCUT2D eigenvalue weighted by Crippen LogP contribution is 2.26. The second-order valence-corrected chi connectivity index (χ2v) is 15.9. The van der Waals surface area contributed by atoms with Gasteiger partial charge in [-0.1, -0.05) is 132 Å². The Morgan fingerprint density at radius 1 is 0.661 bits per heavy atom. The van der Waals surface area contributed by atoms with E-state index in [4.69, 9.17) is 23.5 Å². The summed E-state index contributed by atoms with van der Waals surface area (Å²) in [4.78, 5) is 12.8.